The van der Waals surface area contributed by atoms with Gasteiger partial charge in [-0.2, -0.15) is 0 Å². The van der Waals surface area contributed by atoms with Crippen molar-refractivity contribution in [2.24, 2.45) is 5.73 Å². The Morgan fingerprint density at radius 2 is 1.81 bits per heavy atom. The van der Waals surface area contributed by atoms with Crippen LogP contribution in [-0.4, -0.2) is 58.7 Å². The first-order valence-corrected chi connectivity index (χ1v) is 7.31. The molecule has 2 N–H and O–H groups in total. The second-order valence-corrected chi connectivity index (χ2v) is 4.99. The van der Waals surface area contributed by atoms with E-state index in [4.69, 9.17) is 32.2 Å². The third kappa shape index (κ3) is 7.38. The van der Waals surface area contributed by atoms with E-state index in [0.29, 0.717) is 38.0 Å². The van der Waals surface area contributed by atoms with Crippen LogP contribution in [0.15, 0.2) is 24.3 Å². The molecule has 0 aliphatic carbocycles. The predicted molar refractivity (Wildman–Crippen MR) is 89.1 cm³/mol. The highest BCUT2D eigenvalue weighted by molar-refractivity contribution is 7.80. The Balaban J connectivity index is 2.20. The molecule has 0 fully saturated rings. The first kappa shape index (κ1) is 17.8. The summed E-state index contributed by atoms with van der Waals surface area (Å²) in [4.78, 5) is 2.52. The van der Waals surface area contributed by atoms with Crippen LogP contribution in [0.3, 0.4) is 0 Å². The molecule has 0 spiro atoms. The number of anilines is 1. The Hall–Kier alpha value is -1.21. The van der Waals surface area contributed by atoms with Crippen molar-refractivity contribution in [3.8, 4) is 0 Å². The minimum atomic E-state index is 0.412. The summed E-state index contributed by atoms with van der Waals surface area (Å²) in [5.74, 6) is 0. The highest BCUT2D eigenvalue weighted by Gasteiger charge is 2.03. The smallest absolute Gasteiger partial charge is 0.104 e. The van der Waals surface area contributed by atoms with Crippen LogP contribution in [-0.2, 0) is 14.2 Å². The van der Waals surface area contributed by atoms with Gasteiger partial charge in [-0.3, -0.25) is 0 Å². The summed E-state index contributed by atoms with van der Waals surface area (Å²) in [6.45, 7) is 3.82. The first-order chi connectivity index (χ1) is 10.1. The molecule has 21 heavy (non-hydrogen) atoms. The molecule has 0 aliphatic rings. The minimum Gasteiger partial charge on any atom is -0.389 e. The number of thiocarbonyl (C=S) groups is 1. The van der Waals surface area contributed by atoms with Crippen molar-refractivity contribution in [3.63, 3.8) is 0 Å². The maximum atomic E-state index is 5.64. The van der Waals surface area contributed by atoms with Gasteiger partial charge in [-0.05, 0) is 12.1 Å². The highest BCUT2D eigenvalue weighted by Crippen LogP contribution is 2.14. The van der Waals surface area contributed by atoms with E-state index in [2.05, 4.69) is 4.90 Å². The van der Waals surface area contributed by atoms with E-state index >= 15 is 0 Å². The van der Waals surface area contributed by atoms with E-state index < -0.39 is 0 Å². The van der Waals surface area contributed by atoms with Crippen molar-refractivity contribution < 1.29 is 14.2 Å². The molecule has 0 bridgehead atoms. The number of hydrogen-bond acceptors (Lipinski definition) is 5. The Kier molecular flexibility index (Phi) is 8.93. The standard InChI is InChI=1S/C15H24N2O3S/c1-17(6-7-19-10-11-20-9-8-18-2)14-5-3-4-13(12-14)15(16)21/h3-5,12H,6-11H2,1-2H3,(H2,16,21). The molecule has 0 aromatic heterocycles. The molecular weight excluding hydrogens is 288 g/mol. The van der Waals surface area contributed by atoms with Crippen molar-refractivity contribution in [1.29, 1.82) is 0 Å². The predicted octanol–water partition coefficient (Wildman–Crippen LogP) is 1.44. The Morgan fingerprint density at radius 3 is 2.48 bits per heavy atom. The van der Waals surface area contributed by atoms with Gasteiger partial charge in [0.05, 0.1) is 33.0 Å². The summed E-state index contributed by atoms with van der Waals surface area (Å²) in [7, 11) is 3.67. The zero-order valence-corrected chi connectivity index (χ0v) is 13.5. The summed E-state index contributed by atoms with van der Waals surface area (Å²) in [6.07, 6.45) is 0. The van der Waals surface area contributed by atoms with Gasteiger partial charge in [-0.1, -0.05) is 24.4 Å². The minimum absolute atomic E-state index is 0.412. The lowest BCUT2D eigenvalue weighted by Gasteiger charge is -2.20. The fourth-order valence-electron chi connectivity index (χ4n) is 1.69. The van der Waals surface area contributed by atoms with Crippen LogP contribution >= 0.6 is 12.2 Å². The molecule has 0 heterocycles. The molecule has 0 saturated carbocycles. The van der Waals surface area contributed by atoms with Crippen LogP contribution in [0.1, 0.15) is 5.56 Å². The van der Waals surface area contributed by atoms with Gasteiger partial charge in [0.2, 0.25) is 0 Å². The van der Waals surface area contributed by atoms with E-state index in [1.807, 2.05) is 31.3 Å². The fourth-order valence-corrected chi connectivity index (χ4v) is 1.82. The third-order valence-electron chi connectivity index (χ3n) is 2.95. The number of methoxy groups -OCH3 is 1. The van der Waals surface area contributed by atoms with Crippen molar-refractivity contribution in [3.05, 3.63) is 29.8 Å². The van der Waals surface area contributed by atoms with Gasteiger partial charge in [0.25, 0.3) is 0 Å². The molecule has 5 nitrogen and oxygen atoms in total. The van der Waals surface area contributed by atoms with Crippen molar-refractivity contribution in [2.75, 3.05) is 58.6 Å². The zero-order valence-electron chi connectivity index (χ0n) is 12.7. The van der Waals surface area contributed by atoms with Crippen molar-refractivity contribution in [2.45, 2.75) is 0 Å². The number of benzene rings is 1. The van der Waals surface area contributed by atoms with Crippen LogP contribution in [0, 0.1) is 0 Å². The molecule has 6 heteroatoms. The van der Waals surface area contributed by atoms with Crippen LogP contribution in [0.2, 0.25) is 0 Å². The molecule has 0 atom stereocenters. The molecular formula is C15H24N2O3S. The lowest BCUT2D eigenvalue weighted by atomic mass is 10.2. The summed E-state index contributed by atoms with van der Waals surface area (Å²) in [5, 5.41) is 0. The lowest BCUT2D eigenvalue weighted by Crippen LogP contribution is -2.23. The SMILES string of the molecule is COCCOCCOCCN(C)c1cccc(C(N)=S)c1. The van der Waals surface area contributed by atoms with Crippen LogP contribution in [0.5, 0.6) is 0 Å². The van der Waals surface area contributed by atoms with E-state index in [0.717, 1.165) is 17.8 Å². The normalized spacial score (nSPS) is 10.6. The Morgan fingerprint density at radius 1 is 1.14 bits per heavy atom. The summed E-state index contributed by atoms with van der Waals surface area (Å²) >= 11 is 4.99. The first-order valence-electron chi connectivity index (χ1n) is 6.90. The molecule has 1 rings (SSSR count). The monoisotopic (exact) mass is 312 g/mol. The Bertz CT molecular complexity index is 429. The van der Waals surface area contributed by atoms with Gasteiger partial charge in [0.1, 0.15) is 4.99 Å². The summed E-state index contributed by atoms with van der Waals surface area (Å²) in [6, 6.07) is 7.87. The van der Waals surface area contributed by atoms with Gasteiger partial charge in [-0.15, -0.1) is 0 Å². The maximum absolute atomic E-state index is 5.64. The molecule has 0 amide bonds. The van der Waals surface area contributed by atoms with Gasteiger partial charge < -0.3 is 24.8 Å². The number of nitrogens with two attached hydrogens (primary N) is 1. The average Bonchev–Trinajstić information content (AvgIpc) is 2.49. The van der Waals surface area contributed by atoms with Crippen LogP contribution < -0.4 is 10.6 Å². The molecule has 1 aromatic rings. The van der Waals surface area contributed by atoms with E-state index in [1.54, 1.807) is 7.11 Å². The highest BCUT2D eigenvalue weighted by atomic mass is 32.1. The summed E-state index contributed by atoms with van der Waals surface area (Å²) in [5.41, 5.74) is 7.58. The second kappa shape index (κ2) is 10.5. The molecule has 0 radical (unpaired) electrons. The topological polar surface area (TPSA) is 57.0 Å². The van der Waals surface area contributed by atoms with Crippen LogP contribution in [0.25, 0.3) is 0 Å². The van der Waals surface area contributed by atoms with E-state index in [1.165, 1.54) is 0 Å². The zero-order chi connectivity index (χ0) is 15.5. The largest absolute Gasteiger partial charge is 0.389 e. The van der Waals surface area contributed by atoms with Gasteiger partial charge >= 0.3 is 0 Å². The van der Waals surface area contributed by atoms with Gasteiger partial charge in [0.15, 0.2) is 0 Å². The van der Waals surface area contributed by atoms with Crippen molar-refractivity contribution in [1.82, 2.24) is 0 Å². The molecule has 1 aromatic carbocycles. The quantitative estimate of drug-likeness (QED) is 0.493. The second-order valence-electron chi connectivity index (χ2n) is 4.55. The number of hydrogen-bond donors (Lipinski definition) is 1. The average molecular weight is 312 g/mol. The summed E-state index contributed by atoms with van der Waals surface area (Å²) < 4.78 is 15.7. The third-order valence-corrected chi connectivity index (χ3v) is 3.18. The van der Waals surface area contributed by atoms with E-state index in [9.17, 15) is 0 Å². The number of ether oxygens (including phenoxy) is 3. The van der Waals surface area contributed by atoms with E-state index in [-0.39, 0.29) is 0 Å². The number of rotatable bonds is 11. The van der Waals surface area contributed by atoms with Crippen LogP contribution in [0.4, 0.5) is 5.69 Å². The molecule has 0 aliphatic heterocycles. The maximum Gasteiger partial charge on any atom is 0.104 e. The molecule has 0 saturated heterocycles. The molecule has 118 valence electrons. The van der Waals surface area contributed by atoms with Crippen molar-refractivity contribution >= 4 is 22.9 Å². The number of likely N-dealkylation sites (N-methyl/N-ethyl adjacent to an activating group) is 1. The fraction of sp³-hybridized carbons (Fsp3) is 0.533. The number of nitrogens with zero attached hydrogens (tertiary/aromatic N) is 1. The lowest BCUT2D eigenvalue weighted by molar-refractivity contribution is 0.0266. The van der Waals surface area contributed by atoms with Gasteiger partial charge in [0, 0.05) is 32.0 Å². The van der Waals surface area contributed by atoms with Gasteiger partial charge in [-0.25, -0.2) is 0 Å². The molecule has 0 unspecified atom stereocenters. The Labute approximate surface area is 132 Å².